The molecule has 0 aliphatic carbocycles. The average Bonchev–Trinajstić information content (AvgIpc) is 2.59. The molecule has 1 heterocycles. The molecular formula is C16H21NO4P2. The lowest BCUT2D eigenvalue weighted by Crippen LogP contribution is -2.40. The number of nitrogens with zero attached hydrogens (tertiary/aromatic N) is 1. The van der Waals surface area contributed by atoms with E-state index in [1.807, 2.05) is 6.92 Å². The molecule has 124 valence electrons. The zero-order chi connectivity index (χ0) is 17.0. The summed E-state index contributed by atoms with van der Waals surface area (Å²) < 4.78 is 16.7. The number of carbonyl (C=O) groups excluding carboxylic acids is 1. The van der Waals surface area contributed by atoms with Crippen LogP contribution in [-0.2, 0) is 4.57 Å². The summed E-state index contributed by atoms with van der Waals surface area (Å²) in [7, 11) is 1.93. The molecule has 1 aliphatic heterocycles. The highest BCUT2D eigenvalue weighted by molar-refractivity contribution is 7.34. The Morgan fingerprint density at radius 3 is 2.57 bits per heavy atom. The monoisotopic (exact) mass is 353 g/mol. The van der Waals surface area contributed by atoms with E-state index in [2.05, 4.69) is 16.0 Å². The van der Waals surface area contributed by atoms with Crippen LogP contribution in [0.15, 0.2) is 18.7 Å². The molecule has 1 aromatic carbocycles. The van der Waals surface area contributed by atoms with Gasteiger partial charge in [-0.05, 0) is 43.4 Å². The Labute approximate surface area is 140 Å². The van der Waals surface area contributed by atoms with Crippen molar-refractivity contribution in [1.29, 1.82) is 0 Å². The van der Waals surface area contributed by atoms with Crippen molar-refractivity contribution < 1.29 is 19.0 Å². The van der Waals surface area contributed by atoms with E-state index in [0.29, 0.717) is 29.7 Å². The third-order valence-electron chi connectivity index (χ3n) is 4.17. The molecule has 1 N–H and O–H groups in total. The quantitative estimate of drug-likeness (QED) is 0.827. The number of hydrogen-bond acceptors (Lipinski definition) is 4. The van der Waals surface area contributed by atoms with E-state index in [1.165, 1.54) is 0 Å². The topological polar surface area (TPSA) is 66.8 Å². The highest BCUT2D eigenvalue weighted by Crippen LogP contribution is 2.29. The van der Waals surface area contributed by atoms with Crippen LogP contribution in [0.2, 0.25) is 0 Å². The summed E-state index contributed by atoms with van der Waals surface area (Å²) in [5.41, 5.74) is 1.90. The number of benzene rings is 1. The van der Waals surface area contributed by atoms with Crippen molar-refractivity contribution in [2.45, 2.75) is 19.8 Å². The number of aliphatic hydroxyl groups is 1. The van der Waals surface area contributed by atoms with Crippen LogP contribution in [0.25, 0.3) is 5.57 Å². The lowest BCUT2D eigenvalue weighted by Gasteiger charge is -2.31. The third-order valence-corrected chi connectivity index (χ3v) is 4.99. The van der Waals surface area contributed by atoms with Crippen molar-refractivity contribution in [1.82, 2.24) is 4.90 Å². The van der Waals surface area contributed by atoms with E-state index < -0.39 is 0 Å². The number of aliphatic hydroxyl groups excluding tert-OH is 1. The van der Waals surface area contributed by atoms with Crippen LogP contribution in [0.3, 0.4) is 0 Å². The van der Waals surface area contributed by atoms with E-state index in [-0.39, 0.29) is 26.9 Å². The summed E-state index contributed by atoms with van der Waals surface area (Å²) >= 11 is 0. The van der Waals surface area contributed by atoms with Crippen LogP contribution < -0.4 is 9.83 Å². The van der Waals surface area contributed by atoms with E-state index in [0.717, 1.165) is 24.0 Å². The van der Waals surface area contributed by atoms with Gasteiger partial charge in [-0.1, -0.05) is 6.58 Å². The van der Waals surface area contributed by atoms with Crippen LogP contribution in [0.4, 0.5) is 0 Å². The molecule has 0 bridgehead atoms. The first-order valence-corrected chi connectivity index (χ1v) is 8.74. The Morgan fingerprint density at radius 1 is 1.43 bits per heavy atom. The molecule has 0 aromatic heterocycles. The van der Waals surface area contributed by atoms with Crippen molar-refractivity contribution in [3.05, 3.63) is 29.8 Å². The minimum atomic E-state index is -0.225. The first-order chi connectivity index (χ1) is 11.0. The SMILES string of the molecule is C=C(C)c1cc(C(=O)N2CCC(CO)CC2)c(P=O)cc1OP. The molecule has 1 unspecified atom stereocenters. The second-order valence-electron chi connectivity index (χ2n) is 5.77. The van der Waals surface area contributed by atoms with Gasteiger partial charge in [0.25, 0.3) is 5.91 Å². The lowest BCUT2D eigenvalue weighted by molar-refractivity contribution is 0.0652. The number of piperidine rings is 1. The van der Waals surface area contributed by atoms with E-state index in [4.69, 9.17) is 4.52 Å². The maximum absolute atomic E-state index is 12.8. The van der Waals surface area contributed by atoms with Gasteiger partial charge in [-0.2, -0.15) is 0 Å². The molecule has 1 aromatic rings. The fourth-order valence-electron chi connectivity index (χ4n) is 2.74. The number of amides is 1. The summed E-state index contributed by atoms with van der Waals surface area (Å²) in [6, 6.07) is 3.31. The second kappa shape index (κ2) is 8.01. The Morgan fingerprint density at radius 2 is 2.09 bits per heavy atom. The zero-order valence-electron chi connectivity index (χ0n) is 13.1. The number of carbonyl (C=O) groups is 1. The molecule has 0 radical (unpaired) electrons. The van der Waals surface area contributed by atoms with Gasteiger partial charge in [-0.3, -0.25) is 9.36 Å². The Kier molecular flexibility index (Phi) is 6.29. The minimum Gasteiger partial charge on any atom is -0.480 e. The summed E-state index contributed by atoms with van der Waals surface area (Å²) in [5.74, 6) is 0.643. The molecule has 23 heavy (non-hydrogen) atoms. The van der Waals surface area contributed by atoms with E-state index in [9.17, 15) is 14.5 Å². The van der Waals surface area contributed by atoms with Gasteiger partial charge in [0.05, 0.1) is 20.3 Å². The number of allylic oxidation sites excluding steroid dienone is 1. The maximum atomic E-state index is 12.8. The minimum absolute atomic E-state index is 0.141. The molecular weight excluding hydrogens is 332 g/mol. The van der Waals surface area contributed by atoms with Crippen molar-refractivity contribution in [2.75, 3.05) is 19.7 Å². The fourth-order valence-corrected chi connectivity index (χ4v) is 3.36. The van der Waals surface area contributed by atoms with Gasteiger partial charge in [-0.25, -0.2) is 0 Å². The van der Waals surface area contributed by atoms with Crippen LogP contribution in [0.5, 0.6) is 5.75 Å². The highest BCUT2D eigenvalue weighted by Gasteiger charge is 2.26. The van der Waals surface area contributed by atoms with Gasteiger partial charge < -0.3 is 14.5 Å². The maximum Gasteiger partial charge on any atom is 0.254 e. The molecule has 2 rings (SSSR count). The highest BCUT2D eigenvalue weighted by atomic mass is 31.1. The molecule has 0 spiro atoms. The average molecular weight is 353 g/mol. The summed E-state index contributed by atoms with van der Waals surface area (Å²) in [6.45, 7) is 7.09. The molecule has 7 heteroatoms. The molecule has 1 amide bonds. The smallest absolute Gasteiger partial charge is 0.254 e. The van der Waals surface area contributed by atoms with Crippen molar-refractivity contribution in [3.8, 4) is 5.75 Å². The van der Waals surface area contributed by atoms with Crippen LogP contribution in [0, 0.1) is 5.92 Å². The molecule has 1 saturated heterocycles. The molecule has 1 aliphatic rings. The summed E-state index contributed by atoms with van der Waals surface area (Å²) in [6.07, 6.45) is 1.57. The Balaban J connectivity index is 2.34. The lowest BCUT2D eigenvalue weighted by atomic mass is 9.97. The first-order valence-electron chi connectivity index (χ1n) is 7.46. The van der Waals surface area contributed by atoms with Gasteiger partial charge in [0.15, 0.2) is 8.46 Å². The zero-order valence-corrected chi connectivity index (χ0v) is 15.2. The molecule has 1 atom stereocenters. The first kappa shape index (κ1) is 18.1. The summed E-state index contributed by atoms with van der Waals surface area (Å²) in [4.78, 5) is 14.5. The molecule has 5 nitrogen and oxygen atoms in total. The standard InChI is InChI=1S/C16H21NO4P2/c1-10(2)12-7-13(15(23-20)8-14(12)21-22)16(19)17-5-3-11(9-18)4-6-17/h7-8,11,18H,1,3-6,9,22H2,2H3. The van der Waals surface area contributed by atoms with Gasteiger partial charge in [0, 0.05) is 25.3 Å². The van der Waals surface area contributed by atoms with Crippen molar-refractivity contribution in [3.63, 3.8) is 0 Å². The van der Waals surface area contributed by atoms with Crippen molar-refractivity contribution in [2.24, 2.45) is 5.92 Å². The largest absolute Gasteiger partial charge is 0.480 e. The predicted octanol–water partition coefficient (Wildman–Crippen LogP) is 2.65. The van der Waals surface area contributed by atoms with Crippen LogP contribution in [-0.4, -0.2) is 35.6 Å². The predicted molar refractivity (Wildman–Crippen MR) is 94.4 cm³/mol. The second-order valence-corrected chi connectivity index (χ2v) is 6.67. The van der Waals surface area contributed by atoms with E-state index >= 15 is 0 Å². The molecule has 0 saturated carbocycles. The van der Waals surface area contributed by atoms with Gasteiger partial charge in [0.1, 0.15) is 5.75 Å². The Bertz CT molecular complexity index is 625. The number of likely N-dealkylation sites (tertiary alicyclic amines) is 1. The van der Waals surface area contributed by atoms with E-state index in [1.54, 1.807) is 17.0 Å². The normalized spacial score (nSPS) is 15.7. The fraction of sp³-hybridized carbons (Fsp3) is 0.438. The van der Waals surface area contributed by atoms with Gasteiger partial charge >= 0.3 is 0 Å². The number of rotatable bonds is 5. The van der Waals surface area contributed by atoms with Crippen molar-refractivity contribution >= 4 is 34.7 Å². The van der Waals surface area contributed by atoms with Gasteiger partial charge in [0.2, 0.25) is 0 Å². The molecule has 1 fully saturated rings. The van der Waals surface area contributed by atoms with Crippen LogP contribution >= 0.6 is 17.9 Å². The van der Waals surface area contributed by atoms with Crippen LogP contribution in [0.1, 0.15) is 35.7 Å². The van der Waals surface area contributed by atoms with Gasteiger partial charge in [-0.15, -0.1) is 0 Å². The summed E-state index contributed by atoms with van der Waals surface area (Å²) in [5, 5.41) is 9.60. The Hall–Kier alpha value is -1.28. The number of hydrogen-bond donors (Lipinski definition) is 1. The third kappa shape index (κ3) is 3.98.